The summed E-state index contributed by atoms with van der Waals surface area (Å²) in [5.74, 6) is 0.959. The van der Waals surface area contributed by atoms with E-state index in [0.29, 0.717) is 6.04 Å². The maximum absolute atomic E-state index is 7.58. The van der Waals surface area contributed by atoms with Crippen LogP contribution in [0.5, 0.6) is 5.75 Å². The average Bonchev–Trinajstić information content (AvgIpc) is 2.47. The van der Waals surface area contributed by atoms with Crippen molar-refractivity contribution in [2.45, 2.75) is 25.4 Å². The Balaban J connectivity index is 2.10. The minimum absolute atomic E-state index is 0.0980. The molecule has 1 heterocycles. The van der Waals surface area contributed by atoms with Crippen molar-refractivity contribution in [3.05, 3.63) is 29.3 Å². The molecular weight excluding hydrogens is 264 g/mol. The second kappa shape index (κ2) is 6.91. The number of nitrogens with two attached hydrogens (primary N) is 1. The highest BCUT2D eigenvalue weighted by Gasteiger charge is 2.21. The fourth-order valence-electron chi connectivity index (χ4n) is 2.90. The molecule has 0 aliphatic carbocycles. The van der Waals surface area contributed by atoms with E-state index in [4.69, 9.17) is 15.9 Å². The van der Waals surface area contributed by atoms with Gasteiger partial charge in [-0.05, 0) is 58.2 Å². The lowest BCUT2D eigenvalue weighted by atomic mass is 10.0. The number of benzene rings is 1. The van der Waals surface area contributed by atoms with Gasteiger partial charge in [0.2, 0.25) is 0 Å². The van der Waals surface area contributed by atoms with Gasteiger partial charge in [-0.1, -0.05) is 0 Å². The Labute approximate surface area is 127 Å². The molecule has 1 fully saturated rings. The van der Waals surface area contributed by atoms with Crippen LogP contribution in [0.15, 0.2) is 18.2 Å². The molecule has 1 aliphatic rings. The van der Waals surface area contributed by atoms with E-state index in [-0.39, 0.29) is 5.84 Å². The Morgan fingerprint density at radius 2 is 2.10 bits per heavy atom. The molecule has 0 bridgehead atoms. The molecule has 0 amide bonds. The molecule has 0 atom stereocenters. The zero-order chi connectivity index (χ0) is 15.4. The summed E-state index contributed by atoms with van der Waals surface area (Å²) in [6.07, 6.45) is 2.39. The molecule has 0 saturated carbocycles. The van der Waals surface area contributed by atoms with Gasteiger partial charge in [0.15, 0.2) is 0 Å². The van der Waals surface area contributed by atoms with Crippen molar-refractivity contribution < 1.29 is 4.74 Å². The number of methoxy groups -OCH3 is 1. The molecule has 1 aromatic rings. The summed E-state index contributed by atoms with van der Waals surface area (Å²) in [4.78, 5) is 4.76. The first kappa shape index (κ1) is 15.8. The molecule has 2 rings (SSSR count). The van der Waals surface area contributed by atoms with Gasteiger partial charge in [-0.3, -0.25) is 10.3 Å². The van der Waals surface area contributed by atoms with Crippen molar-refractivity contribution in [2.24, 2.45) is 5.73 Å². The van der Waals surface area contributed by atoms with E-state index in [1.54, 1.807) is 7.11 Å². The van der Waals surface area contributed by atoms with Gasteiger partial charge < -0.3 is 15.4 Å². The number of hydrogen-bond acceptors (Lipinski definition) is 4. The van der Waals surface area contributed by atoms with Gasteiger partial charge in [0.05, 0.1) is 7.11 Å². The highest BCUT2D eigenvalue weighted by atomic mass is 16.5. The number of nitrogen functional groups attached to an aromatic ring is 1. The topological polar surface area (TPSA) is 65.6 Å². The van der Waals surface area contributed by atoms with Crippen LogP contribution in [0.2, 0.25) is 0 Å². The molecule has 21 heavy (non-hydrogen) atoms. The van der Waals surface area contributed by atoms with Crippen molar-refractivity contribution in [1.29, 1.82) is 5.41 Å². The Bertz CT molecular complexity index is 495. The molecule has 0 unspecified atom stereocenters. The normalized spacial score (nSPS) is 17.1. The fraction of sp³-hybridized carbons (Fsp3) is 0.562. The van der Waals surface area contributed by atoms with Crippen molar-refractivity contribution in [3.63, 3.8) is 0 Å². The summed E-state index contributed by atoms with van der Waals surface area (Å²) in [5.41, 5.74) is 7.43. The lowest BCUT2D eigenvalue weighted by Gasteiger charge is -2.35. The van der Waals surface area contributed by atoms with E-state index in [2.05, 4.69) is 23.9 Å². The monoisotopic (exact) mass is 290 g/mol. The van der Waals surface area contributed by atoms with Crippen molar-refractivity contribution in [2.75, 3.05) is 34.3 Å². The summed E-state index contributed by atoms with van der Waals surface area (Å²) in [7, 11) is 6.02. The molecule has 3 N–H and O–H groups in total. The lowest BCUT2D eigenvalue weighted by Crippen LogP contribution is -2.41. The first-order chi connectivity index (χ1) is 10.0. The van der Waals surface area contributed by atoms with Crippen LogP contribution in [0.4, 0.5) is 0 Å². The molecule has 1 aromatic carbocycles. The second-order valence-electron chi connectivity index (χ2n) is 5.89. The van der Waals surface area contributed by atoms with E-state index < -0.39 is 0 Å². The third-order valence-corrected chi connectivity index (χ3v) is 4.32. The lowest BCUT2D eigenvalue weighted by molar-refractivity contribution is 0.138. The van der Waals surface area contributed by atoms with Crippen LogP contribution in [0.25, 0.3) is 0 Å². The predicted molar refractivity (Wildman–Crippen MR) is 86.0 cm³/mol. The average molecular weight is 290 g/mol. The van der Waals surface area contributed by atoms with E-state index in [0.717, 1.165) is 36.5 Å². The number of piperidine rings is 1. The van der Waals surface area contributed by atoms with Crippen LogP contribution in [0.1, 0.15) is 24.0 Å². The standard InChI is InChI=1S/C16H26N4O/c1-19-8-6-14(7-9-19)20(2)11-13-10-12(16(17)18)4-5-15(13)21-3/h4-5,10,14H,6-9,11H2,1-3H3,(H3,17,18). The summed E-state index contributed by atoms with van der Waals surface area (Å²) >= 11 is 0. The quantitative estimate of drug-likeness (QED) is 0.637. The molecule has 1 saturated heterocycles. The van der Waals surface area contributed by atoms with Crippen LogP contribution >= 0.6 is 0 Å². The molecule has 0 spiro atoms. The minimum atomic E-state index is 0.0980. The number of likely N-dealkylation sites (tertiary alicyclic amines) is 1. The van der Waals surface area contributed by atoms with Gasteiger partial charge in [-0.25, -0.2) is 0 Å². The summed E-state index contributed by atoms with van der Waals surface area (Å²) < 4.78 is 5.44. The largest absolute Gasteiger partial charge is 0.496 e. The number of hydrogen-bond donors (Lipinski definition) is 2. The second-order valence-corrected chi connectivity index (χ2v) is 5.89. The third-order valence-electron chi connectivity index (χ3n) is 4.32. The zero-order valence-corrected chi connectivity index (χ0v) is 13.2. The molecule has 116 valence electrons. The Kier molecular flexibility index (Phi) is 5.20. The maximum Gasteiger partial charge on any atom is 0.123 e. The summed E-state index contributed by atoms with van der Waals surface area (Å²) in [5, 5.41) is 7.58. The Hall–Kier alpha value is -1.59. The molecule has 5 nitrogen and oxygen atoms in total. The van der Waals surface area contributed by atoms with Crippen molar-refractivity contribution >= 4 is 5.84 Å². The number of nitrogens with zero attached hydrogens (tertiary/aromatic N) is 2. The van der Waals surface area contributed by atoms with E-state index >= 15 is 0 Å². The van der Waals surface area contributed by atoms with Gasteiger partial charge in [-0.15, -0.1) is 0 Å². The fourth-order valence-corrected chi connectivity index (χ4v) is 2.90. The predicted octanol–water partition coefficient (Wildman–Crippen LogP) is 1.51. The van der Waals surface area contributed by atoms with Crippen LogP contribution in [-0.2, 0) is 6.54 Å². The maximum atomic E-state index is 7.58. The van der Waals surface area contributed by atoms with Crippen LogP contribution < -0.4 is 10.5 Å². The SMILES string of the molecule is COc1ccc(C(=N)N)cc1CN(C)C1CCN(C)CC1. The molecule has 5 heteroatoms. The summed E-state index contributed by atoms with van der Waals surface area (Å²) in [6.45, 7) is 3.12. The van der Waals surface area contributed by atoms with Gasteiger partial charge in [-0.2, -0.15) is 0 Å². The van der Waals surface area contributed by atoms with E-state index in [9.17, 15) is 0 Å². The van der Waals surface area contributed by atoms with Crippen LogP contribution in [0.3, 0.4) is 0 Å². The highest BCUT2D eigenvalue weighted by molar-refractivity contribution is 5.95. The van der Waals surface area contributed by atoms with Gasteiger partial charge >= 0.3 is 0 Å². The number of nitrogens with one attached hydrogen (secondary N) is 1. The first-order valence-electron chi connectivity index (χ1n) is 7.41. The Morgan fingerprint density at radius 1 is 1.43 bits per heavy atom. The van der Waals surface area contributed by atoms with E-state index in [1.807, 2.05) is 18.2 Å². The van der Waals surface area contributed by atoms with Crippen LogP contribution in [-0.4, -0.2) is 56.0 Å². The zero-order valence-electron chi connectivity index (χ0n) is 13.2. The number of amidine groups is 1. The minimum Gasteiger partial charge on any atom is -0.496 e. The molecular formula is C16H26N4O. The van der Waals surface area contributed by atoms with E-state index in [1.165, 1.54) is 12.8 Å². The first-order valence-corrected chi connectivity index (χ1v) is 7.41. The number of ether oxygens (including phenoxy) is 1. The van der Waals surface area contributed by atoms with Gasteiger partial charge in [0, 0.05) is 23.7 Å². The third kappa shape index (κ3) is 3.95. The van der Waals surface area contributed by atoms with Gasteiger partial charge in [0.1, 0.15) is 11.6 Å². The highest BCUT2D eigenvalue weighted by Crippen LogP contribution is 2.24. The molecule has 0 aromatic heterocycles. The van der Waals surface area contributed by atoms with Gasteiger partial charge in [0.25, 0.3) is 0 Å². The van der Waals surface area contributed by atoms with Crippen molar-refractivity contribution in [1.82, 2.24) is 9.80 Å². The van der Waals surface area contributed by atoms with Crippen LogP contribution in [0, 0.1) is 5.41 Å². The van der Waals surface area contributed by atoms with Crippen molar-refractivity contribution in [3.8, 4) is 5.75 Å². The molecule has 0 radical (unpaired) electrons. The Morgan fingerprint density at radius 3 is 2.67 bits per heavy atom. The summed E-state index contributed by atoms with van der Waals surface area (Å²) in [6, 6.07) is 6.30. The number of rotatable bonds is 5. The smallest absolute Gasteiger partial charge is 0.123 e. The molecule has 1 aliphatic heterocycles.